The number of likely N-dealkylation sites (tertiary alicyclic amines) is 1. The predicted octanol–water partition coefficient (Wildman–Crippen LogP) is 1.31. The van der Waals surface area contributed by atoms with E-state index >= 15 is 0 Å². The molecule has 0 aliphatic carbocycles. The van der Waals surface area contributed by atoms with E-state index in [1.807, 2.05) is 26.0 Å². The molecule has 0 saturated carbocycles. The number of nitrogens with zero attached hydrogens (tertiary/aromatic N) is 4. The highest BCUT2D eigenvalue weighted by atomic mass is 32.2. The van der Waals surface area contributed by atoms with Gasteiger partial charge in [0.1, 0.15) is 12.1 Å². The number of pyridine rings is 1. The fourth-order valence-electron chi connectivity index (χ4n) is 5.98. The van der Waals surface area contributed by atoms with Gasteiger partial charge < -0.3 is 20.3 Å². The van der Waals surface area contributed by atoms with Gasteiger partial charge in [0, 0.05) is 43.0 Å². The number of carbonyl (C=O) groups is 3. The Balaban J connectivity index is 1.31. The van der Waals surface area contributed by atoms with Gasteiger partial charge in [-0.3, -0.25) is 14.4 Å². The van der Waals surface area contributed by atoms with E-state index in [9.17, 15) is 28.0 Å². The highest BCUT2D eigenvalue weighted by Gasteiger charge is 2.54. The third-order valence-electron chi connectivity index (χ3n) is 7.95. The summed E-state index contributed by atoms with van der Waals surface area (Å²) in [5.74, 6) is -1.03. The maximum atomic E-state index is 13.8. The summed E-state index contributed by atoms with van der Waals surface area (Å²) in [5.41, 5.74) is 1.51. The number of Topliss-reactive ketones (excluding diaryl/α,β-unsaturated/α-hetero) is 1. The molecule has 4 heterocycles. The minimum absolute atomic E-state index is 0.0847. The summed E-state index contributed by atoms with van der Waals surface area (Å²) in [4.78, 5) is 43.7. The van der Waals surface area contributed by atoms with Gasteiger partial charge in [0.05, 0.1) is 17.5 Å². The number of anilines is 1. The Morgan fingerprint density at radius 3 is 2.33 bits per heavy atom. The number of amides is 2. The van der Waals surface area contributed by atoms with Crippen LogP contribution < -0.4 is 14.9 Å². The smallest absolute Gasteiger partial charge is 0.251 e. The second kappa shape index (κ2) is 11.2. The Morgan fingerprint density at radius 2 is 1.70 bits per heavy atom. The lowest BCUT2D eigenvalue weighted by Gasteiger charge is -2.29. The molecule has 3 aliphatic heterocycles. The molecule has 3 aliphatic rings. The zero-order chi connectivity index (χ0) is 28.6. The summed E-state index contributed by atoms with van der Waals surface area (Å²) in [6.07, 6.45) is 5.16. The van der Waals surface area contributed by atoms with Crippen molar-refractivity contribution in [1.29, 1.82) is 0 Å². The normalized spacial score (nSPS) is 22.1. The standard InChI is InChI=1S/C28H35N5O6S/c1-19(2)17-23(29-27(35)20-5-7-21(8-6-20)30-12-3-4-13-30)28(36)32-16-11-24-26(32)25(34)18-33(24)40(38,39)22-9-14-31(37)15-10-22/h5-10,14-15,19,23-24,26H,3-4,11-13,16-18H2,1-2H3,(H,29,35). The Morgan fingerprint density at radius 1 is 1.05 bits per heavy atom. The van der Waals surface area contributed by atoms with Crippen LogP contribution in [0.5, 0.6) is 0 Å². The fourth-order valence-corrected chi connectivity index (χ4v) is 7.59. The van der Waals surface area contributed by atoms with Crippen molar-refractivity contribution < 1.29 is 27.5 Å². The van der Waals surface area contributed by atoms with E-state index < -0.39 is 28.1 Å². The van der Waals surface area contributed by atoms with Crippen molar-refractivity contribution >= 4 is 33.3 Å². The van der Waals surface area contributed by atoms with Crippen molar-refractivity contribution in [3.05, 3.63) is 59.6 Å². The number of hydrogen-bond acceptors (Lipinski definition) is 7. The van der Waals surface area contributed by atoms with Crippen molar-refractivity contribution in [1.82, 2.24) is 14.5 Å². The second-order valence-corrected chi connectivity index (χ2v) is 13.0. The molecule has 40 heavy (non-hydrogen) atoms. The molecule has 2 amide bonds. The molecular formula is C28H35N5O6S. The van der Waals surface area contributed by atoms with Crippen molar-refractivity contribution in [2.24, 2.45) is 5.92 Å². The SMILES string of the molecule is CC(C)CC(NC(=O)c1ccc(N2CCCC2)cc1)C(=O)N1CCC2C1C(=O)CN2S(=O)(=O)c1cc[n+]([O-])cc1. The first-order valence-corrected chi connectivity index (χ1v) is 15.2. The van der Waals surface area contributed by atoms with E-state index in [0.717, 1.165) is 48.3 Å². The van der Waals surface area contributed by atoms with E-state index in [0.29, 0.717) is 23.1 Å². The van der Waals surface area contributed by atoms with E-state index in [1.54, 1.807) is 12.1 Å². The average Bonchev–Trinajstić information content (AvgIpc) is 3.67. The van der Waals surface area contributed by atoms with E-state index in [2.05, 4.69) is 10.2 Å². The van der Waals surface area contributed by atoms with Crippen LogP contribution in [0.25, 0.3) is 0 Å². The van der Waals surface area contributed by atoms with E-state index in [4.69, 9.17) is 0 Å². The number of sulfonamides is 1. The van der Waals surface area contributed by atoms with Gasteiger partial charge in [-0.05, 0) is 55.9 Å². The van der Waals surface area contributed by atoms with Crippen molar-refractivity contribution in [2.75, 3.05) is 31.1 Å². The van der Waals surface area contributed by atoms with Crippen LogP contribution >= 0.6 is 0 Å². The molecule has 2 aromatic rings. The minimum atomic E-state index is -4.05. The van der Waals surface area contributed by atoms with Gasteiger partial charge >= 0.3 is 0 Å². The summed E-state index contributed by atoms with van der Waals surface area (Å²) in [7, 11) is -4.05. The molecule has 1 aromatic heterocycles. The monoisotopic (exact) mass is 569 g/mol. The van der Waals surface area contributed by atoms with Crippen LogP contribution in [-0.2, 0) is 19.6 Å². The maximum Gasteiger partial charge on any atom is 0.251 e. The van der Waals surface area contributed by atoms with Gasteiger partial charge in [-0.2, -0.15) is 9.04 Å². The molecule has 12 heteroatoms. The largest absolute Gasteiger partial charge is 0.619 e. The average molecular weight is 570 g/mol. The Kier molecular flexibility index (Phi) is 7.83. The molecule has 0 bridgehead atoms. The molecular weight excluding hydrogens is 534 g/mol. The van der Waals surface area contributed by atoms with Gasteiger partial charge in [-0.25, -0.2) is 8.42 Å². The summed E-state index contributed by atoms with van der Waals surface area (Å²) < 4.78 is 28.2. The van der Waals surface area contributed by atoms with Crippen molar-refractivity contribution in [2.45, 2.75) is 62.6 Å². The Hall–Kier alpha value is -3.51. The molecule has 0 spiro atoms. The summed E-state index contributed by atoms with van der Waals surface area (Å²) in [6.45, 7) is 5.75. The van der Waals surface area contributed by atoms with Gasteiger partial charge in [-0.1, -0.05) is 13.8 Å². The van der Waals surface area contributed by atoms with Crippen LogP contribution in [0.2, 0.25) is 0 Å². The number of benzene rings is 1. The topological polar surface area (TPSA) is 134 Å². The Labute approximate surface area is 234 Å². The highest BCUT2D eigenvalue weighted by molar-refractivity contribution is 7.89. The lowest BCUT2D eigenvalue weighted by atomic mass is 10.0. The Bertz CT molecular complexity index is 1370. The number of carbonyl (C=O) groups excluding carboxylic acids is 3. The third kappa shape index (κ3) is 5.42. The van der Waals surface area contributed by atoms with Gasteiger partial charge in [-0.15, -0.1) is 0 Å². The van der Waals surface area contributed by atoms with Crippen molar-refractivity contribution in [3.63, 3.8) is 0 Å². The molecule has 214 valence electrons. The summed E-state index contributed by atoms with van der Waals surface area (Å²) in [5, 5.41) is 14.3. The van der Waals surface area contributed by atoms with Crippen LogP contribution in [0.4, 0.5) is 5.69 Å². The fraction of sp³-hybridized carbons (Fsp3) is 0.500. The second-order valence-electron chi connectivity index (χ2n) is 11.1. The highest BCUT2D eigenvalue weighted by Crippen LogP contribution is 2.34. The lowest BCUT2D eigenvalue weighted by Crippen LogP contribution is -2.53. The molecule has 1 N–H and O–H groups in total. The number of hydrogen-bond donors (Lipinski definition) is 1. The number of fused-ring (bicyclic) bond motifs is 1. The first-order chi connectivity index (χ1) is 19.1. The lowest BCUT2D eigenvalue weighted by molar-refractivity contribution is -0.605. The number of rotatable bonds is 8. The van der Waals surface area contributed by atoms with E-state index in [-0.39, 0.29) is 41.5 Å². The quantitative estimate of drug-likeness (QED) is 0.374. The molecule has 1 aromatic carbocycles. The zero-order valence-electron chi connectivity index (χ0n) is 22.7. The van der Waals surface area contributed by atoms with E-state index in [1.165, 1.54) is 17.0 Å². The van der Waals surface area contributed by atoms with Crippen molar-refractivity contribution in [3.8, 4) is 0 Å². The molecule has 3 saturated heterocycles. The number of nitrogens with one attached hydrogen (secondary N) is 1. The molecule has 3 unspecified atom stereocenters. The van der Waals surface area contributed by atoms with Gasteiger partial charge in [0.15, 0.2) is 18.2 Å². The summed E-state index contributed by atoms with van der Waals surface area (Å²) in [6, 6.07) is 7.27. The van der Waals surface area contributed by atoms with Crippen LogP contribution in [0.3, 0.4) is 0 Å². The van der Waals surface area contributed by atoms with Crippen LogP contribution in [-0.4, -0.2) is 79.5 Å². The van der Waals surface area contributed by atoms with Gasteiger partial charge in [0.25, 0.3) is 5.91 Å². The maximum absolute atomic E-state index is 13.8. The molecule has 5 rings (SSSR count). The first kappa shape index (κ1) is 28.0. The van der Waals surface area contributed by atoms with Crippen LogP contribution in [0.15, 0.2) is 53.7 Å². The third-order valence-corrected chi connectivity index (χ3v) is 9.84. The van der Waals surface area contributed by atoms with Crippen LogP contribution in [0, 0.1) is 11.1 Å². The zero-order valence-corrected chi connectivity index (χ0v) is 23.5. The van der Waals surface area contributed by atoms with Gasteiger partial charge in [0.2, 0.25) is 15.9 Å². The molecule has 11 nitrogen and oxygen atoms in total. The molecule has 3 fully saturated rings. The molecule has 0 radical (unpaired) electrons. The van der Waals surface area contributed by atoms with Crippen LogP contribution in [0.1, 0.15) is 49.9 Å². The predicted molar refractivity (Wildman–Crippen MR) is 147 cm³/mol. The minimum Gasteiger partial charge on any atom is -0.619 e. The first-order valence-electron chi connectivity index (χ1n) is 13.8. The summed E-state index contributed by atoms with van der Waals surface area (Å²) >= 11 is 0. The number of aromatic nitrogens is 1. The molecule has 3 atom stereocenters. The number of ketones is 1.